The van der Waals surface area contributed by atoms with Gasteiger partial charge >= 0.3 is 5.97 Å². The third kappa shape index (κ3) is 2.51. The number of hydrogen-bond acceptors (Lipinski definition) is 3. The Balaban J connectivity index is 1.94. The molecule has 0 fully saturated rings. The quantitative estimate of drug-likeness (QED) is 0.740. The van der Waals surface area contributed by atoms with Gasteiger partial charge in [-0.15, -0.1) is 0 Å². The summed E-state index contributed by atoms with van der Waals surface area (Å²) in [6, 6.07) is 11.2. The molecule has 0 atom stereocenters. The summed E-state index contributed by atoms with van der Waals surface area (Å²) in [6.07, 6.45) is 1.41. The average molecular weight is 216 g/mol. The third-order valence-electron chi connectivity index (χ3n) is 2.18. The summed E-state index contributed by atoms with van der Waals surface area (Å²) in [4.78, 5) is 11.5. The highest BCUT2D eigenvalue weighted by Gasteiger charge is 2.09. The third-order valence-corrected chi connectivity index (χ3v) is 2.18. The van der Waals surface area contributed by atoms with E-state index in [0.717, 1.165) is 5.56 Å². The number of esters is 1. The summed E-state index contributed by atoms with van der Waals surface area (Å²) in [5.74, 6) is 0.340. The molecule has 0 spiro atoms. The minimum Gasteiger partial charge on any atom is -0.469 e. The van der Waals surface area contributed by atoms with Crippen molar-refractivity contribution in [2.75, 3.05) is 0 Å². The van der Waals surface area contributed by atoms with Crippen molar-refractivity contribution in [3.63, 3.8) is 0 Å². The summed E-state index contributed by atoms with van der Waals surface area (Å²) in [5.41, 5.74) is 1.42. The second-order valence-corrected chi connectivity index (χ2v) is 3.51. The molecule has 0 bridgehead atoms. The molecule has 3 nitrogen and oxygen atoms in total. The van der Waals surface area contributed by atoms with Gasteiger partial charge in [0.1, 0.15) is 18.6 Å². The molecule has 0 radical (unpaired) electrons. The van der Waals surface area contributed by atoms with Gasteiger partial charge in [-0.3, -0.25) is 0 Å². The minimum atomic E-state index is -0.360. The number of ether oxygens (including phenoxy) is 1. The number of benzene rings is 1. The molecular formula is C13H12O3. The first-order valence-corrected chi connectivity index (χ1v) is 5.02. The first-order valence-electron chi connectivity index (χ1n) is 5.02. The Bertz CT molecular complexity index is 471. The Kier molecular flexibility index (Phi) is 3.05. The molecule has 0 aliphatic heterocycles. The maximum Gasteiger partial charge on any atom is 0.341 e. The van der Waals surface area contributed by atoms with E-state index in [4.69, 9.17) is 9.15 Å². The highest BCUT2D eigenvalue weighted by molar-refractivity contribution is 5.89. The topological polar surface area (TPSA) is 39.4 Å². The molecule has 0 unspecified atom stereocenters. The van der Waals surface area contributed by atoms with Crippen LogP contribution < -0.4 is 0 Å². The van der Waals surface area contributed by atoms with E-state index < -0.39 is 0 Å². The summed E-state index contributed by atoms with van der Waals surface area (Å²) in [7, 11) is 0. The molecule has 1 heterocycles. The van der Waals surface area contributed by atoms with Crippen LogP contribution in [-0.4, -0.2) is 5.97 Å². The van der Waals surface area contributed by atoms with Gasteiger partial charge in [0.25, 0.3) is 0 Å². The second kappa shape index (κ2) is 4.66. The predicted molar refractivity (Wildman–Crippen MR) is 59.0 cm³/mol. The van der Waals surface area contributed by atoms with Crippen molar-refractivity contribution >= 4 is 5.97 Å². The fourth-order valence-electron chi connectivity index (χ4n) is 1.36. The first kappa shape index (κ1) is 10.5. The lowest BCUT2D eigenvalue weighted by molar-refractivity contribution is 0.0472. The molecule has 0 aliphatic carbocycles. The molecule has 1 aromatic heterocycles. The lowest BCUT2D eigenvalue weighted by Crippen LogP contribution is -2.03. The number of carbonyl (C=O) groups excluding carboxylic acids is 1. The summed E-state index contributed by atoms with van der Waals surface area (Å²) < 4.78 is 10.2. The van der Waals surface area contributed by atoms with Crippen molar-refractivity contribution in [2.45, 2.75) is 13.5 Å². The van der Waals surface area contributed by atoms with Gasteiger partial charge in [-0.2, -0.15) is 0 Å². The Morgan fingerprint density at radius 3 is 2.69 bits per heavy atom. The van der Waals surface area contributed by atoms with Crippen LogP contribution in [0.3, 0.4) is 0 Å². The molecule has 1 aromatic carbocycles. The smallest absolute Gasteiger partial charge is 0.341 e. The van der Waals surface area contributed by atoms with Gasteiger partial charge in [0.05, 0.1) is 5.56 Å². The molecule has 0 amide bonds. The number of furan rings is 1. The fraction of sp³-hybridized carbons (Fsp3) is 0.154. The number of hydrogen-bond donors (Lipinski definition) is 0. The monoisotopic (exact) mass is 216 g/mol. The van der Waals surface area contributed by atoms with Crippen LogP contribution in [0.5, 0.6) is 0 Å². The van der Waals surface area contributed by atoms with Gasteiger partial charge in [-0.05, 0) is 18.6 Å². The molecular weight excluding hydrogens is 204 g/mol. The van der Waals surface area contributed by atoms with Crippen molar-refractivity contribution < 1.29 is 13.9 Å². The molecule has 82 valence electrons. The zero-order valence-corrected chi connectivity index (χ0v) is 8.97. The van der Waals surface area contributed by atoms with Gasteiger partial charge in [0.2, 0.25) is 0 Å². The Morgan fingerprint density at radius 2 is 2.06 bits per heavy atom. The van der Waals surface area contributed by atoms with Crippen LogP contribution >= 0.6 is 0 Å². The van der Waals surface area contributed by atoms with E-state index in [1.165, 1.54) is 6.26 Å². The molecule has 2 aromatic rings. The molecule has 16 heavy (non-hydrogen) atoms. The number of aryl methyl sites for hydroxylation is 1. The highest BCUT2D eigenvalue weighted by atomic mass is 16.5. The van der Waals surface area contributed by atoms with Crippen molar-refractivity contribution in [2.24, 2.45) is 0 Å². The molecule has 0 N–H and O–H groups in total. The van der Waals surface area contributed by atoms with Crippen molar-refractivity contribution in [1.82, 2.24) is 0 Å². The van der Waals surface area contributed by atoms with Gasteiger partial charge in [0.15, 0.2) is 0 Å². The lowest BCUT2D eigenvalue weighted by Gasteiger charge is -2.02. The van der Waals surface area contributed by atoms with Gasteiger partial charge in [-0.25, -0.2) is 4.79 Å². The lowest BCUT2D eigenvalue weighted by atomic mass is 10.2. The minimum absolute atomic E-state index is 0.282. The molecule has 3 heteroatoms. The van der Waals surface area contributed by atoms with Crippen LogP contribution in [0.2, 0.25) is 0 Å². The summed E-state index contributed by atoms with van der Waals surface area (Å²) in [6.45, 7) is 2.07. The molecule has 0 saturated heterocycles. The van der Waals surface area contributed by atoms with E-state index in [2.05, 4.69) is 0 Å². The number of carbonyl (C=O) groups is 1. The van der Waals surface area contributed by atoms with E-state index in [-0.39, 0.29) is 12.6 Å². The van der Waals surface area contributed by atoms with Crippen LogP contribution in [0.1, 0.15) is 21.7 Å². The van der Waals surface area contributed by atoms with Crippen LogP contribution in [-0.2, 0) is 11.3 Å². The molecule has 2 rings (SSSR count). The van der Waals surface area contributed by atoms with Crippen LogP contribution in [0.15, 0.2) is 47.1 Å². The van der Waals surface area contributed by atoms with Gasteiger partial charge in [-0.1, -0.05) is 30.3 Å². The van der Waals surface area contributed by atoms with E-state index >= 15 is 0 Å². The Labute approximate surface area is 93.7 Å². The Morgan fingerprint density at radius 1 is 1.31 bits per heavy atom. The summed E-state index contributed by atoms with van der Waals surface area (Å²) in [5, 5.41) is 0. The van der Waals surface area contributed by atoms with E-state index in [0.29, 0.717) is 11.3 Å². The Hall–Kier alpha value is -2.03. The SMILES string of the molecule is Cc1cc(C(=O)OCc2ccccc2)co1. The average Bonchev–Trinajstić information content (AvgIpc) is 2.74. The zero-order valence-electron chi connectivity index (χ0n) is 8.97. The largest absolute Gasteiger partial charge is 0.469 e. The van der Waals surface area contributed by atoms with Gasteiger partial charge < -0.3 is 9.15 Å². The fourth-order valence-corrected chi connectivity index (χ4v) is 1.36. The van der Waals surface area contributed by atoms with E-state index in [1.54, 1.807) is 13.0 Å². The molecule has 0 aliphatic rings. The van der Waals surface area contributed by atoms with Crippen molar-refractivity contribution in [3.8, 4) is 0 Å². The van der Waals surface area contributed by atoms with Crippen LogP contribution in [0.25, 0.3) is 0 Å². The maximum absolute atomic E-state index is 11.5. The first-order chi connectivity index (χ1) is 7.75. The molecule has 0 saturated carbocycles. The highest BCUT2D eigenvalue weighted by Crippen LogP contribution is 2.09. The van der Waals surface area contributed by atoms with Crippen molar-refractivity contribution in [1.29, 1.82) is 0 Å². The number of rotatable bonds is 3. The van der Waals surface area contributed by atoms with Crippen LogP contribution in [0.4, 0.5) is 0 Å². The summed E-state index contributed by atoms with van der Waals surface area (Å²) >= 11 is 0. The standard InChI is InChI=1S/C13H12O3/c1-10-7-12(9-15-10)13(14)16-8-11-5-3-2-4-6-11/h2-7,9H,8H2,1H3. The second-order valence-electron chi connectivity index (χ2n) is 3.51. The predicted octanol–water partition coefficient (Wildman–Crippen LogP) is 2.95. The van der Waals surface area contributed by atoms with E-state index in [9.17, 15) is 4.79 Å². The zero-order chi connectivity index (χ0) is 11.4. The normalized spacial score (nSPS) is 10.1. The van der Waals surface area contributed by atoms with E-state index in [1.807, 2.05) is 30.3 Å². The van der Waals surface area contributed by atoms with Gasteiger partial charge in [0, 0.05) is 0 Å². The van der Waals surface area contributed by atoms with Crippen LogP contribution in [0, 0.1) is 6.92 Å². The maximum atomic E-state index is 11.5. The van der Waals surface area contributed by atoms with Crippen molar-refractivity contribution in [3.05, 3.63) is 59.5 Å².